The number of hydrogen-bond acceptors (Lipinski definition) is 5. The molecule has 0 saturated carbocycles. The third-order valence-corrected chi connectivity index (χ3v) is 5.82. The summed E-state index contributed by atoms with van der Waals surface area (Å²) in [5.41, 5.74) is 1.82. The predicted molar refractivity (Wildman–Crippen MR) is 106 cm³/mol. The molecule has 3 atom stereocenters. The minimum Gasteiger partial charge on any atom is -0.444 e. The van der Waals surface area contributed by atoms with Crippen molar-refractivity contribution in [3.63, 3.8) is 0 Å². The second-order valence-electron chi connectivity index (χ2n) is 8.13. The molecule has 6 heteroatoms. The van der Waals surface area contributed by atoms with Crippen molar-refractivity contribution >= 4 is 23.0 Å². The lowest BCUT2D eigenvalue weighted by molar-refractivity contribution is 0.0221. The molecule has 142 valence electrons. The van der Waals surface area contributed by atoms with Crippen molar-refractivity contribution in [3.05, 3.63) is 34.3 Å². The van der Waals surface area contributed by atoms with Crippen LogP contribution in [0.2, 0.25) is 0 Å². The maximum atomic E-state index is 12.7. The summed E-state index contributed by atoms with van der Waals surface area (Å²) in [6.07, 6.45) is 8.10. The molecule has 1 N–H and O–H groups in total. The van der Waals surface area contributed by atoms with E-state index >= 15 is 0 Å². The van der Waals surface area contributed by atoms with Crippen molar-refractivity contribution in [2.45, 2.75) is 58.2 Å². The van der Waals surface area contributed by atoms with Gasteiger partial charge in [-0.3, -0.25) is 4.90 Å². The Hall–Kier alpha value is -1.66. The number of nitrogens with zero attached hydrogens (tertiary/aromatic N) is 2. The lowest BCUT2D eigenvalue weighted by Gasteiger charge is -2.27. The molecule has 0 radical (unpaired) electrons. The Morgan fingerprint density at radius 2 is 2.19 bits per heavy atom. The van der Waals surface area contributed by atoms with Crippen LogP contribution in [-0.4, -0.2) is 41.2 Å². The molecule has 2 aliphatic rings. The number of nitrogens with one attached hydrogen (secondary N) is 1. The van der Waals surface area contributed by atoms with Gasteiger partial charge in [0.15, 0.2) is 0 Å². The molecule has 0 spiro atoms. The SMILES string of the molecule is CNC1CC(c2nc(C3=CC=CCC3C)cs2)N(C(=O)OC(C)(C)C)C1. The fourth-order valence-electron chi connectivity index (χ4n) is 3.46. The molecule has 0 aromatic carbocycles. The highest BCUT2D eigenvalue weighted by atomic mass is 32.1. The second-order valence-corrected chi connectivity index (χ2v) is 9.02. The lowest BCUT2D eigenvalue weighted by Crippen LogP contribution is -2.38. The van der Waals surface area contributed by atoms with Gasteiger partial charge in [-0.15, -0.1) is 11.3 Å². The van der Waals surface area contributed by atoms with Gasteiger partial charge in [0.25, 0.3) is 0 Å². The van der Waals surface area contributed by atoms with Gasteiger partial charge in [0.05, 0.1) is 11.7 Å². The van der Waals surface area contributed by atoms with Gasteiger partial charge >= 0.3 is 6.09 Å². The standard InChI is InChI=1S/C20H29N3O2S/c1-13-8-6-7-9-15(13)16-12-26-18(22-16)17-10-14(21-5)11-23(17)19(24)25-20(2,3)4/h6-7,9,12-14,17,21H,8,10-11H2,1-5H3. The molecular formula is C20H29N3O2S. The third-order valence-electron chi connectivity index (χ3n) is 4.87. The van der Waals surface area contributed by atoms with Crippen LogP contribution in [0.25, 0.3) is 5.57 Å². The van der Waals surface area contributed by atoms with Crippen LogP contribution in [0.1, 0.15) is 57.3 Å². The molecule has 1 aliphatic heterocycles. The van der Waals surface area contributed by atoms with Crippen LogP contribution in [-0.2, 0) is 4.74 Å². The summed E-state index contributed by atoms with van der Waals surface area (Å²) in [5, 5.41) is 6.41. The summed E-state index contributed by atoms with van der Waals surface area (Å²) in [7, 11) is 1.94. The number of aromatic nitrogens is 1. The van der Waals surface area contributed by atoms with Crippen LogP contribution in [0.5, 0.6) is 0 Å². The third kappa shape index (κ3) is 4.18. The van der Waals surface area contributed by atoms with Crippen molar-refractivity contribution in [1.29, 1.82) is 0 Å². The Bertz CT molecular complexity index is 717. The van der Waals surface area contributed by atoms with Crippen LogP contribution < -0.4 is 5.32 Å². The minimum absolute atomic E-state index is 0.0314. The molecule has 3 rings (SSSR count). The maximum absolute atomic E-state index is 12.7. The summed E-state index contributed by atoms with van der Waals surface area (Å²) in [5.74, 6) is 0.477. The summed E-state index contributed by atoms with van der Waals surface area (Å²) < 4.78 is 5.62. The first-order valence-corrected chi connectivity index (χ1v) is 10.2. The molecule has 1 saturated heterocycles. The minimum atomic E-state index is -0.498. The quantitative estimate of drug-likeness (QED) is 0.851. The van der Waals surface area contributed by atoms with E-state index in [0.717, 1.165) is 23.5 Å². The van der Waals surface area contributed by atoms with Crippen molar-refractivity contribution in [3.8, 4) is 0 Å². The van der Waals surface area contributed by atoms with E-state index in [4.69, 9.17) is 9.72 Å². The van der Waals surface area contributed by atoms with E-state index in [1.807, 2.05) is 32.7 Å². The van der Waals surface area contributed by atoms with Crippen LogP contribution in [0.3, 0.4) is 0 Å². The number of ether oxygens (including phenoxy) is 1. The van der Waals surface area contributed by atoms with E-state index in [9.17, 15) is 4.79 Å². The Morgan fingerprint density at radius 1 is 1.42 bits per heavy atom. The highest BCUT2D eigenvalue weighted by Gasteiger charge is 2.39. The maximum Gasteiger partial charge on any atom is 0.410 e. The normalized spacial score (nSPS) is 26.1. The van der Waals surface area contributed by atoms with Crippen LogP contribution in [0.4, 0.5) is 4.79 Å². The van der Waals surface area contributed by atoms with Crippen LogP contribution >= 0.6 is 11.3 Å². The zero-order valence-electron chi connectivity index (χ0n) is 16.3. The molecule has 1 aromatic heterocycles. The van der Waals surface area contributed by atoms with Gasteiger partial charge in [-0.2, -0.15) is 0 Å². The summed E-state index contributed by atoms with van der Waals surface area (Å²) >= 11 is 1.64. The van der Waals surface area contributed by atoms with Gasteiger partial charge in [0.2, 0.25) is 0 Å². The van der Waals surface area contributed by atoms with Gasteiger partial charge in [0, 0.05) is 18.0 Å². The van der Waals surface area contributed by atoms with Gasteiger partial charge < -0.3 is 10.1 Å². The number of likely N-dealkylation sites (tertiary alicyclic amines) is 1. The van der Waals surface area contributed by atoms with E-state index < -0.39 is 5.60 Å². The van der Waals surface area contributed by atoms with Crippen LogP contribution in [0.15, 0.2) is 23.6 Å². The number of amides is 1. The average molecular weight is 376 g/mol. The molecule has 0 bridgehead atoms. The van der Waals surface area contributed by atoms with E-state index in [1.165, 1.54) is 5.57 Å². The highest BCUT2D eigenvalue weighted by Crippen LogP contribution is 2.37. The molecule has 5 nitrogen and oxygen atoms in total. The largest absolute Gasteiger partial charge is 0.444 e. The van der Waals surface area contributed by atoms with E-state index in [0.29, 0.717) is 12.5 Å². The Balaban J connectivity index is 1.83. The fraction of sp³-hybridized carbons (Fsp3) is 0.600. The van der Waals surface area contributed by atoms with Gasteiger partial charge in [-0.25, -0.2) is 9.78 Å². The first-order chi connectivity index (χ1) is 12.3. The summed E-state index contributed by atoms with van der Waals surface area (Å²) in [6, 6.07) is 0.228. The zero-order valence-corrected chi connectivity index (χ0v) is 17.1. The fourth-order valence-corrected chi connectivity index (χ4v) is 4.41. The first-order valence-electron chi connectivity index (χ1n) is 9.28. The predicted octanol–water partition coefficient (Wildman–Crippen LogP) is 4.39. The average Bonchev–Trinajstić information content (AvgIpc) is 3.20. The number of carbonyl (C=O) groups is 1. The molecule has 1 aliphatic carbocycles. The van der Waals surface area contributed by atoms with Gasteiger partial charge in [0.1, 0.15) is 10.6 Å². The van der Waals surface area contributed by atoms with Crippen molar-refractivity contribution in [1.82, 2.24) is 15.2 Å². The second kappa shape index (κ2) is 7.53. The van der Waals surface area contributed by atoms with E-state index in [2.05, 4.69) is 35.8 Å². The van der Waals surface area contributed by atoms with Crippen molar-refractivity contribution < 1.29 is 9.53 Å². The molecule has 1 fully saturated rings. The topological polar surface area (TPSA) is 54.5 Å². The van der Waals surface area contributed by atoms with Crippen molar-refractivity contribution in [2.24, 2.45) is 5.92 Å². The Labute approximate surface area is 160 Å². The molecule has 1 amide bonds. The molecule has 3 unspecified atom stereocenters. The molecule has 1 aromatic rings. The zero-order chi connectivity index (χ0) is 18.9. The Kier molecular flexibility index (Phi) is 5.53. The summed E-state index contributed by atoms with van der Waals surface area (Å²) in [4.78, 5) is 19.4. The summed E-state index contributed by atoms with van der Waals surface area (Å²) in [6.45, 7) is 8.58. The molecule has 2 heterocycles. The number of allylic oxidation sites excluding steroid dienone is 4. The number of hydrogen-bond donors (Lipinski definition) is 1. The van der Waals surface area contributed by atoms with Gasteiger partial charge in [-0.1, -0.05) is 25.2 Å². The monoisotopic (exact) mass is 375 g/mol. The lowest BCUT2D eigenvalue weighted by atomic mass is 9.91. The van der Waals surface area contributed by atoms with Crippen LogP contribution in [0, 0.1) is 5.92 Å². The molecular weight excluding hydrogens is 346 g/mol. The van der Waals surface area contributed by atoms with Crippen molar-refractivity contribution in [2.75, 3.05) is 13.6 Å². The van der Waals surface area contributed by atoms with E-state index in [1.54, 1.807) is 11.3 Å². The number of carbonyl (C=O) groups excluding carboxylic acids is 1. The van der Waals surface area contributed by atoms with Gasteiger partial charge in [-0.05, 0) is 52.2 Å². The smallest absolute Gasteiger partial charge is 0.410 e. The Morgan fingerprint density at radius 3 is 2.85 bits per heavy atom. The highest BCUT2D eigenvalue weighted by molar-refractivity contribution is 7.09. The van der Waals surface area contributed by atoms with E-state index in [-0.39, 0.29) is 18.2 Å². The molecule has 26 heavy (non-hydrogen) atoms. The number of rotatable bonds is 3. The number of thiazole rings is 1. The number of likely N-dealkylation sites (N-methyl/N-ethyl adjacent to an activating group) is 1. The first kappa shape index (κ1) is 19.1.